The molecule has 0 aliphatic carbocycles. The van der Waals surface area contributed by atoms with Gasteiger partial charge in [0, 0.05) is 6.42 Å². The SMILES string of the molecule is COC(=O)CCCOc1c(N)cccc1Br. The zero-order valence-electron chi connectivity index (χ0n) is 9.03. The largest absolute Gasteiger partial charge is 0.490 e. The fourth-order valence-corrected chi connectivity index (χ4v) is 1.67. The number of esters is 1. The van der Waals surface area contributed by atoms with E-state index in [1.165, 1.54) is 7.11 Å². The highest BCUT2D eigenvalue weighted by molar-refractivity contribution is 9.10. The summed E-state index contributed by atoms with van der Waals surface area (Å²) in [5, 5.41) is 0. The molecule has 0 amide bonds. The molecule has 16 heavy (non-hydrogen) atoms. The Morgan fingerprint density at radius 1 is 1.50 bits per heavy atom. The van der Waals surface area contributed by atoms with Gasteiger partial charge in [0.25, 0.3) is 0 Å². The summed E-state index contributed by atoms with van der Waals surface area (Å²) in [5.74, 6) is 0.385. The number of anilines is 1. The first kappa shape index (κ1) is 12.8. The predicted octanol–water partition coefficient (Wildman–Crippen LogP) is 2.36. The van der Waals surface area contributed by atoms with Gasteiger partial charge in [-0.25, -0.2) is 0 Å². The van der Waals surface area contributed by atoms with Crippen LogP contribution < -0.4 is 10.5 Å². The zero-order chi connectivity index (χ0) is 12.0. The normalized spacial score (nSPS) is 9.88. The number of ether oxygens (including phenoxy) is 2. The maximum absolute atomic E-state index is 10.8. The van der Waals surface area contributed by atoms with E-state index in [2.05, 4.69) is 20.7 Å². The molecule has 1 aromatic rings. The van der Waals surface area contributed by atoms with Gasteiger partial charge in [0.05, 0.1) is 23.9 Å². The van der Waals surface area contributed by atoms with E-state index in [0.717, 1.165) is 4.47 Å². The van der Waals surface area contributed by atoms with Crippen molar-refractivity contribution in [2.24, 2.45) is 0 Å². The molecule has 0 radical (unpaired) electrons. The molecule has 4 nitrogen and oxygen atoms in total. The second-order valence-electron chi connectivity index (χ2n) is 3.19. The smallest absolute Gasteiger partial charge is 0.305 e. The Hall–Kier alpha value is -1.23. The Labute approximate surface area is 103 Å². The number of nitrogen functional groups attached to an aromatic ring is 1. The average molecular weight is 288 g/mol. The molecule has 1 aromatic carbocycles. The van der Waals surface area contributed by atoms with E-state index in [4.69, 9.17) is 10.5 Å². The number of halogens is 1. The maximum atomic E-state index is 10.8. The molecule has 5 heteroatoms. The minimum atomic E-state index is -0.233. The Kier molecular flexibility index (Phi) is 5.11. The molecule has 0 aromatic heterocycles. The van der Waals surface area contributed by atoms with Crippen molar-refractivity contribution in [3.8, 4) is 5.75 Å². The van der Waals surface area contributed by atoms with Gasteiger partial charge in [0.15, 0.2) is 5.75 Å². The number of hydrogen-bond acceptors (Lipinski definition) is 4. The molecule has 0 saturated heterocycles. The third-order valence-electron chi connectivity index (χ3n) is 2.00. The molecule has 0 unspecified atom stereocenters. The van der Waals surface area contributed by atoms with Gasteiger partial charge in [-0.2, -0.15) is 0 Å². The molecule has 0 aliphatic heterocycles. The number of nitrogens with two attached hydrogens (primary N) is 1. The van der Waals surface area contributed by atoms with Crippen LogP contribution in [0.25, 0.3) is 0 Å². The topological polar surface area (TPSA) is 61.5 Å². The van der Waals surface area contributed by atoms with Crippen molar-refractivity contribution in [3.63, 3.8) is 0 Å². The van der Waals surface area contributed by atoms with Gasteiger partial charge >= 0.3 is 5.97 Å². The Morgan fingerprint density at radius 2 is 2.25 bits per heavy atom. The van der Waals surface area contributed by atoms with Crippen molar-refractivity contribution in [1.82, 2.24) is 0 Å². The van der Waals surface area contributed by atoms with Gasteiger partial charge < -0.3 is 15.2 Å². The highest BCUT2D eigenvalue weighted by Crippen LogP contribution is 2.30. The van der Waals surface area contributed by atoms with E-state index in [9.17, 15) is 4.79 Å². The van der Waals surface area contributed by atoms with Crippen LogP contribution in [0.4, 0.5) is 5.69 Å². The summed E-state index contributed by atoms with van der Waals surface area (Å²) in [6.45, 7) is 0.432. The van der Waals surface area contributed by atoms with E-state index in [1.807, 2.05) is 12.1 Å². The van der Waals surface area contributed by atoms with Crippen LogP contribution in [-0.4, -0.2) is 19.7 Å². The maximum Gasteiger partial charge on any atom is 0.305 e. The minimum Gasteiger partial charge on any atom is -0.490 e. The first-order valence-electron chi connectivity index (χ1n) is 4.88. The third-order valence-corrected chi connectivity index (χ3v) is 2.62. The quantitative estimate of drug-likeness (QED) is 0.513. The summed E-state index contributed by atoms with van der Waals surface area (Å²) >= 11 is 3.35. The summed E-state index contributed by atoms with van der Waals surface area (Å²) in [7, 11) is 1.37. The van der Waals surface area contributed by atoms with E-state index < -0.39 is 0 Å². The molecule has 0 spiro atoms. The van der Waals surface area contributed by atoms with Gasteiger partial charge in [-0.1, -0.05) is 6.07 Å². The third kappa shape index (κ3) is 3.73. The molecular formula is C11H14BrNO3. The van der Waals surface area contributed by atoms with E-state index in [1.54, 1.807) is 6.07 Å². The van der Waals surface area contributed by atoms with Crippen LogP contribution >= 0.6 is 15.9 Å². The van der Waals surface area contributed by atoms with Crippen molar-refractivity contribution in [3.05, 3.63) is 22.7 Å². The molecule has 0 aliphatic rings. The van der Waals surface area contributed by atoms with E-state index >= 15 is 0 Å². The summed E-state index contributed by atoms with van der Waals surface area (Å²) < 4.78 is 10.8. The van der Waals surface area contributed by atoms with E-state index in [-0.39, 0.29) is 5.97 Å². The summed E-state index contributed by atoms with van der Waals surface area (Å²) in [6, 6.07) is 5.45. The summed E-state index contributed by atoms with van der Waals surface area (Å²) in [4.78, 5) is 10.8. The Balaban J connectivity index is 2.40. The van der Waals surface area contributed by atoms with Crippen LogP contribution in [-0.2, 0) is 9.53 Å². The number of carbonyl (C=O) groups excluding carboxylic acids is 1. The fourth-order valence-electron chi connectivity index (χ4n) is 1.17. The van der Waals surface area contributed by atoms with E-state index in [0.29, 0.717) is 30.9 Å². The van der Waals surface area contributed by atoms with Gasteiger partial charge in [0.2, 0.25) is 0 Å². The number of carbonyl (C=O) groups is 1. The number of methoxy groups -OCH3 is 1. The van der Waals surface area contributed by atoms with Crippen molar-refractivity contribution < 1.29 is 14.3 Å². The lowest BCUT2D eigenvalue weighted by Crippen LogP contribution is -2.05. The van der Waals surface area contributed by atoms with Gasteiger partial charge in [-0.05, 0) is 34.5 Å². The molecule has 0 bridgehead atoms. The first-order chi connectivity index (χ1) is 7.65. The van der Waals surface area contributed by atoms with Crippen molar-refractivity contribution >= 4 is 27.6 Å². The first-order valence-corrected chi connectivity index (χ1v) is 5.68. The van der Waals surface area contributed by atoms with Crippen LogP contribution in [0.3, 0.4) is 0 Å². The summed E-state index contributed by atoms with van der Waals surface area (Å²) in [6.07, 6.45) is 0.953. The Morgan fingerprint density at radius 3 is 2.88 bits per heavy atom. The highest BCUT2D eigenvalue weighted by Gasteiger charge is 2.05. The molecular weight excluding hydrogens is 274 g/mol. The lowest BCUT2D eigenvalue weighted by atomic mass is 10.3. The van der Waals surface area contributed by atoms with Crippen molar-refractivity contribution in [2.45, 2.75) is 12.8 Å². The molecule has 0 heterocycles. The molecule has 1 rings (SSSR count). The highest BCUT2D eigenvalue weighted by atomic mass is 79.9. The number of para-hydroxylation sites is 1. The predicted molar refractivity (Wildman–Crippen MR) is 65.3 cm³/mol. The average Bonchev–Trinajstić information content (AvgIpc) is 2.27. The van der Waals surface area contributed by atoms with Gasteiger partial charge in [-0.15, -0.1) is 0 Å². The second kappa shape index (κ2) is 6.37. The van der Waals surface area contributed by atoms with Gasteiger partial charge in [-0.3, -0.25) is 4.79 Å². The van der Waals surface area contributed by atoms with Crippen molar-refractivity contribution in [2.75, 3.05) is 19.5 Å². The second-order valence-corrected chi connectivity index (χ2v) is 4.04. The zero-order valence-corrected chi connectivity index (χ0v) is 10.6. The van der Waals surface area contributed by atoms with Crippen LogP contribution in [0.2, 0.25) is 0 Å². The lowest BCUT2D eigenvalue weighted by Gasteiger charge is -2.10. The standard InChI is InChI=1S/C11H14BrNO3/c1-15-10(14)6-3-7-16-11-8(12)4-2-5-9(11)13/h2,4-5H,3,6-7,13H2,1H3. The number of hydrogen-bond donors (Lipinski definition) is 1. The van der Waals surface area contributed by atoms with Gasteiger partial charge in [0.1, 0.15) is 0 Å². The van der Waals surface area contributed by atoms with Crippen molar-refractivity contribution in [1.29, 1.82) is 0 Å². The molecule has 0 atom stereocenters. The van der Waals surface area contributed by atoms with Crippen LogP contribution in [0.5, 0.6) is 5.75 Å². The van der Waals surface area contributed by atoms with Crippen LogP contribution in [0.15, 0.2) is 22.7 Å². The minimum absolute atomic E-state index is 0.233. The number of benzene rings is 1. The molecule has 88 valence electrons. The van der Waals surface area contributed by atoms with Crippen LogP contribution in [0.1, 0.15) is 12.8 Å². The monoisotopic (exact) mass is 287 g/mol. The Bertz CT molecular complexity index is 348. The molecule has 0 saturated carbocycles. The molecule has 0 fully saturated rings. The van der Waals surface area contributed by atoms with Crippen LogP contribution in [0, 0.1) is 0 Å². The molecule has 2 N–H and O–H groups in total. The fraction of sp³-hybridized carbons (Fsp3) is 0.364. The number of rotatable bonds is 5. The summed E-state index contributed by atoms with van der Waals surface area (Å²) in [5.41, 5.74) is 6.32. The lowest BCUT2D eigenvalue weighted by molar-refractivity contribution is -0.140.